The van der Waals surface area contributed by atoms with Crippen LogP contribution in [0.5, 0.6) is 0 Å². The number of carbonyl (C=O) groups excluding carboxylic acids is 1. The standard InChI is InChI=1S/C17H14FN3O/c1-11-14(18)3-2-4-15(11)20-17(22)8-6-12-5-7-13-10-19-21-16(13)9-12/h2-10H,1H3,(H,19,21)(H,20,22)/b8-6+. The maximum Gasteiger partial charge on any atom is 0.248 e. The summed E-state index contributed by atoms with van der Waals surface area (Å²) in [6.07, 6.45) is 4.86. The highest BCUT2D eigenvalue weighted by atomic mass is 19.1. The zero-order chi connectivity index (χ0) is 15.5. The summed E-state index contributed by atoms with van der Waals surface area (Å²) in [7, 11) is 0. The second kappa shape index (κ2) is 5.81. The Balaban J connectivity index is 1.74. The van der Waals surface area contributed by atoms with Crippen molar-refractivity contribution in [2.45, 2.75) is 6.92 Å². The number of fused-ring (bicyclic) bond motifs is 1. The highest BCUT2D eigenvalue weighted by Crippen LogP contribution is 2.18. The van der Waals surface area contributed by atoms with Crippen LogP contribution in [0.3, 0.4) is 0 Å². The van der Waals surface area contributed by atoms with Gasteiger partial charge in [0.2, 0.25) is 5.91 Å². The number of aromatic nitrogens is 2. The molecule has 0 saturated carbocycles. The fourth-order valence-electron chi connectivity index (χ4n) is 2.15. The normalized spacial score (nSPS) is 11.2. The number of hydrogen-bond donors (Lipinski definition) is 2. The first-order valence-corrected chi connectivity index (χ1v) is 6.81. The van der Waals surface area contributed by atoms with Gasteiger partial charge in [-0.15, -0.1) is 0 Å². The molecule has 5 heteroatoms. The molecule has 0 aliphatic carbocycles. The van der Waals surface area contributed by atoms with Gasteiger partial charge in [0.05, 0.1) is 11.7 Å². The van der Waals surface area contributed by atoms with Crippen molar-refractivity contribution < 1.29 is 9.18 Å². The van der Waals surface area contributed by atoms with E-state index in [0.717, 1.165) is 16.5 Å². The van der Waals surface area contributed by atoms with Crippen LogP contribution in [0.4, 0.5) is 10.1 Å². The largest absolute Gasteiger partial charge is 0.322 e. The Labute approximate surface area is 126 Å². The third-order valence-corrected chi connectivity index (χ3v) is 3.42. The van der Waals surface area contributed by atoms with Gasteiger partial charge < -0.3 is 5.32 Å². The van der Waals surface area contributed by atoms with Gasteiger partial charge in [-0.05, 0) is 36.8 Å². The fraction of sp³-hybridized carbons (Fsp3) is 0.0588. The first-order chi connectivity index (χ1) is 10.6. The van der Waals surface area contributed by atoms with E-state index in [2.05, 4.69) is 15.5 Å². The van der Waals surface area contributed by atoms with Crippen LogP contribution in [0.1, 0.15) is 11.1 Å². The number of hydrogen-bond acceptors (Lipinski definition) is 2. The van der Waals surface area contributed by atoms with E-state index in [1.165, 1.54) is 12.1 Å². The molecule has 2 aromatic carbocycles. The number of halogens is 1. The van der Waals surface area contributed by atoms with Gasteiger partial charge >= 0.3 is 0 Å². The summed E-state index contributed by atoms with van der Waals surface area (Å²) in [6, 6.07) is 10.3. The number of anilines is 1. The molecule has 0 bridgehead atoms. The summed E-state index contributed by atoms with van der Waals surface area (Å²) in [4.78, 5) is 11.9. The topological polar surface area (TPSA) is 57.8 Å². The van der Waals surface area contributed by atoms with Crippen molar-refractivity contribution in [3.05, 3.63) is 65.6 Å². The summed E-state index contributed by atoms with van der Waals surface area (Å²) < 4.78 is 13.4. The molecule has 0 unspecified atom stereocenters. The molecule has 3 aromatic rings. The van der Waals surface area contributed by atoms with Crippen LogP contribution in [0.25, 0.3) is 17.0 Å². The monoisotopic (exact) mass is 295 g/mol. The average Bonchev–Trinajstić information content (AvgIpc) is 2.97. The number of aromatic amines is 1. The van der Waals surface area contributed by atoms with E-state index in [-0.39, 0.29) is 11.7 Å². The van der Waals surface area contributed by atoms with E-state index in [1.54, 1.807) is 31.3 Å². The van der Waals surface area contributed by atoms with Gasteiger partial charge in [0, 0.05) is 22.7 Å². The smallest absolute Gasteiger partial charge is 0.248 e. The summed E-state index contributed by atoms with van der Waals surface area (Å²) in [5.74, 6) is -0.648. The predicted molar refractivity (Wildman–Crippen MR) is 84.9 cm³/mol. The Morgan fingerprint density at radius 3 is 3.05 bits per heavy atom. The quantitative estimate of drug-likeness (QED) is 0.724. The van der Waals surface area contributed by atoms with E-state index in [1.807, 2.05) is 18.2 Å². The third-order valence-electron chi connectivity index (χ3n) is 3.42. The molecule has 0 radical (unpaired) electrons. The lowest BCUT2D eigenvalue weighted by Gasteiger charge is -2.06. The maximum absolute atomic E-state index is 13.4. The van der Waals surface area contributed by atoms with Gasteiger partial charge in [0.25, 0.3) is 0 Å². The highest BCUT2D eigenvalue weighted by molar-refractivity contribution is 6.02. The predicted octanol–water partition coefficient (Wildman–Crippen LogP) is 3.66. The molecule has 0 spiro atoms. The lowest BCUT2D eigenvalue weighted by Crippen LogP contribution is -2.09. The zero-order valence-corrected chi connectivity index (χ0v) is 11.9. The van der Waals surface area contributed by atoms with E-state index >= 15 is 0 Å². The molecule has 1 aromatic heterocycles. The van der Waals surface area contributed by atoms with Crippen molar-refractivity contribution in [1.82, 2.24) is 10.2 Å². The summed E-state index contributed by atoms with van der Waals surface area (Å²) in [6.45, 7) is 1.63. The van der Waals surface area contributed by atoms with Gasteiger partial charge in [-0.1, -0.05) is 18.2 Å². The summed E-state index contributed by atoms with van der Waals surface area (Å²) in [5.41, 5.74) is 2.67. The van der Waals surface area contributed by atoms with Crippen molar-refractivity contribution in [2.75, 3.05) is 5.32 Å². The van der Waals surface area contributed by atoms with Crippen molar-refractivity contribution >= 4 is 28.6 Å². The molecule has 0 atom stereocenters. The van der Waals surface area contributed by atoms with Crippen LogP contribution in [0.15, 0.2) is 48.7 Å². The molecule has 2 N–H and O–H groups in total. The number of rotatable bonds is 3. The SMILES string of the molecule is Cc1c(F)cccc1NC(=O)/C=C/c1ccc2cn[nH]c2c1. The fourth-order valence-corrected chi connectivity index (χ4v) is 2.15. The number of nitrogens with zero attached hydrogens (tertiary/aromatic N) is 1. The number of nitrogens with one attached hydrogen (secondary N) is 2. The van der Waals surface area contributed by atoms with Crippen molar-refractivity contribution in [3.8, 4) is 0 Å². The molecule has 0 saturated heterocycles. The third kappa shape index (κ3) is 2.88. The van der Waals surface area contributed by atoms with E-state index in [9.17, 15) is 9.18 Å². The van der Waals surface area contributed by atoms with Crippen molar-refractivity contribution in [3.63, 3.8) is 0 Å². The van der Waals surface area contributed by atoms with E-state index in [0.29, 0.717) is 11.3 Å². The molecule has 22 heavy (non-hydrogen) atoms. The molecule has 0 fully saturated rings. The Kier molecular flexibility index (Phi) is 3.70. The minimum absolute atomic E-state index is 0.307. The van der Waals surface area contributed by atoms with Gasteiger partial charge in [-0.25, -0.2) is 4.39 Å². The molecule has 0 aliphatic rings. The lowest BCUT2D eigenvalue weighted by molar-refractivity contribution is -0.111. The van der Waals surface area contributed by atoms with Crippen LogP contribution in [0.2, 0.25) is 0 Å². The van der Waals surface area contributed by atoms with Crippen LogP contribution < -0.4 is 5.32 Å². The first kappa shape index (κ1) is 14.0. The summed E-state index contributed by atoms with van der Waals surface area (Å²) >= 11 is 0. The van der Waals surface area contributed by atoms with E-state index < -0.39 is 0 Å². The molecular formula is C17H14FN3O. The van der Waals surface area contributed by atoms with E-state index in [4.69, 9.17) is 0 Å². The molecule has 1 amide bonds. The average molecular weight is 295 g/mol. The second-order valence-electron chi connectivity index (χ2n) is 4.95. The van der Waals surface area contributed by atoms with Gasteiger partial charge in [-0.3, -0.25) is 9.89 Å². The number of H-pyrrole nitrogens is 1. The minimum Gasteiger partial charge on any atom is -0.322 e. The number of benzene rings is 2. The van der Waals surface area contributed by atoms with Crippen molar-refractivity contribution in [2.24, 2.45) is 0 Å². The molecule has 3 rings (SSSR count). The molecule has 0 aliphatic heterocycles. The minimum atomic E-state index is -0.341. The van der Waals surface area contributed by atoms with Crippen LogP contribution in [-0.2, 0) is 4.79 Å². The lowest BCUT2D eigenvalue weighted by atomic mass is 10.1. The Morgan fingerprint density at radius 1 is 1.32 bits per heavy atom. The van der Waals surface area contributed by atoms with Crippen LogP contribution in [0, 0.1) is 12.7 Å². The Bertz CT molecular complexity index is 867. The first-order valence-electron chi connectivity index (χ1n) is 6.81. The molecule has 1 heterocycles. The molecule has 4 nitrogen and oxygen atoms in total. The van der Waals surface area contributed by atoms with Crippen molar-refractivity contribution in [1.29, 1.82) is 0 Å². The van der Waals surface area contributed by atoms with Gasteiger partial charge in [-0.2, -0.15) is 5.10 Å². The molecule has 110 valence electrons. The summed E-state index contributed by atoms with van der Waals surface area (Å²) in [5, 5.41) is 10.5. The zero-order valence-electron chi connectivity index (χ0n) is 11.9. The maximum atomic E-state index is 13.4. The van der Waals surface area contributed by atoms with Crippen LogP contribution in [-0.4, -0.2) is 16.1 Å². The van der Waals surface area contributed by atoms with Crippen LogP contribution >= 0.6 is 0 Å². The molecular weight excluding hydrogens is 281 g/mol. The number of carbonyl (C=O) groups is 1. The Hall–Kier alpha value is -2.95. The highest BCUT2D eigenvalue weighted by Gasteiger charge is 2.05. The second-order valence-corrected chi connectivity index (χ2v) is 4.95. The van der Waals surface area contributed by atoms with Gasteiger partial charge in [0.15, 0.2) is 0 Å². The number of amides is 1. The Morgan fingerprint density at radius 2 is 2.18 bits per heavy atom. The van der Waals surface area contributed by atoms with Gasteiger partial charge in [0.1, 0.15) is 5.82 Å².